The van der Waals surface area contributed by atoms with Crippen molar-refractivity contribution in [3.05, 3.63) is 84.4 Å². The third kappa shape index (κ3) is 3.37. The highest BCUT2D eigenvalue weighted by atomic mass is 32.1. The first-order chi connectivity index (χ1) is 10.4. The Morgan fingerprint density at radius 2 is 0.952 bits per heavy atom. The fourth-order valence-electron chi connectivity index (χ4n) is 2.48. The molecular weight excluding hydrogens is 272 g/mol. The Morgan fingerprint density at radius 3 is 1.43 bits per heavy atom. The molecule has 0 aromatic heterocycles. The number of aryl methyl sites for hydroxylation is 1. The summed E-state index contributed by atoms with van der Waals surface area (Å²) in [5.74, 6) is 0.894. The first-order valence-corrected chi connectivity index (χ1v) is 7.86. The van der Waals surface area contributed by atoms with Crippen LogP contribution in [0.3, 0.4) is 0 Å². The van der Waals surface area contributed by atoms with Crippen LogP contribution in [-0.4, -0.2) is 5.75 Å². The third-order valence-electron chi connectivity index (χ3n) is 3.68. The van der Waals surface area contributed by atoms with Crippen molar-refractivity contribution in [3.8, 4) is 22.3 Å². The molecule has 0 radical (unpaired) electrons. The molecule has 0 saturated heterocycles. The Morgan fingerprint density at radius 1 is 0.524 bits per heavy atom. The summed E-state index contributed by atoms with van der Waals surface area (Å²) in [6.07, 6.45) is 1.02. The second-order valence-electron chi connectivity index (χ2n) is 5.11. The van der Waals surface area contributed by atoms with E-state index in [4.69, 9.17) is 0 Å². The lowest BCUT2D eigenvalue weighted by Gasteiger charge is -2.06. The number of benzene rings is 3. The van der Waals surface area contributed by atoms with Gasteiger partial charge in [-0.3, -0.25) is 0 Å². The molecule has 21 heavy (non-hydrogen) atoms. The van der Waals surface area contributed by atoms with E-state index in [1.165, 1.54) is 27.8 Å². The van der Waals surface area contributed by atoms with Gasteiger partial charge < -0.3 is 0 Å². The third-order valence-corrected chi connectivity index (χ3v) is 3.90. The molecule has 0 bridgehead atoms. The van der Waals surface area contributed by atoms with Gasteiger partial charge in [-0.25, -0.2) is 0 Å². The number of rotatable bonds is 4. The zero-order valence-corrected chi connectivity index (χ0v) is 12.8. The maximum Gasteiger partial charge on any atom is -0.00574 e. The minimum absolute atomic E-state index is 0.894. The molecule has 3 aromatic rings. The van der Waals surface area contributed by atoms with E-state index < -0.39 is 0 Å². The van der Waals surface area contributed by atoms with Crippen molar-refractivity contribution in [2.75, 3.05) is 5.75 Å². The van der Waals surface area contributed by atoms with Crippen LogP contribution < -0.4 is 0 Å². The van der Waals surface area contributed by atoms with Crippen molar-refractivity contribution in [3.63, 3.8) is 0 Å². The topological polar surface area (TPSA) is 0 Å². The summed E-state index contributed by atoms with van der Waals surface area (Å²) in [5, 5.41) is 0. The highest BCUT2D eigenvalue weighted by molar-refractivity contribution is 7.80. The Bertz CT molecular complexity index is 682. The van der Waals surface area contributed by atoms with Gasteiger partial charge >= 0.3 is 0 Å². The van der Waals surface area contributed by atoms with E-state index >= 15 is 0 Å². The molecule has 3 aromatic carbocycles. The summed E-state index contributed by atoms with van der Waals surface area (Å²) in [6, 6.07) is 28.0. The molecule has 0 spiro atoms. The first kappa shape index (κ1) is 14.0. The molecule has 0 saturated carbocycles. The van der Waals surface area contributed by atoms with Gasteiger partial charge in [0.25, 0.3) is 0 Å². The van der Waals surface area contributed by atoms with Crippen molar-refractivity contribution in [1.29, 1.82) is 0 Å². The predicted octanol–water partition coefficient (Wildman–Crippen LogP) is 5.49. The molecule has 3 rings (SSSR count). The smallest absolute Gasteiger partial charge is 0.00574 e. The Hall–Kier alpha value is -1.99. The molecule has 0 aliphatic rings. The molecule has 0 amide bonds. The van der Waals surface area contributed by atoms with Gasteiger partial charge in [0.1, 0.15) is 0 Å². The molecule has 0 N–H and O–H groups in total. The van der Waals surface area contributed by atoms with Gasteiger partial charge in [0.05, 0.1) is 0 Å². The molecule has 0 unspecified atom stereocenters. The average Bonchev–Trinajstić information content (AvgIpc) is 2.57. The lowest BCUT2D eigenvalue weighted by Crippen LogP contribution is -1.86. The van der Waals surface area contributed by atoms with Gasteiger partial charge in [0.15, 0.2) is 0 Å². The van der Waals surface area contributed by atoms with E-state index in [0.29, 0.717) is 0 Å². The highest BCUT2D eigenvalue weighted by Crippen LogP contribution is 2.25. The monoisotopic (exact) mass is 290 g/mol. The number of thiol groups is 1. The van der Waals surface area contributed by atoms with Crippen LogP contribution in [-0.2, 0) is 6.42 Å². The SMILES string of the molecule is SCCc1ccc(-c2ccc(-c3ccccc3)cc2)cc1. The van der Waals surface area contributed by atoms with Crippen LogP contribution in [0.15, 0.2) is 78.9 Å². The highest BCUT2D eigenvalue weighted by Gasteiger charge is 2.00. The van der Waals surface area contributed by atoms with Crippen molar-refractivity contribution in [2.45, 2.75) is 6.42 Å². The Kier molecular flexibility index (Phi) is 4.42. The standard InChI is InChI=1S/C20H18S/c21-15-14-16-6-8-18(9-7-16)20-12-10-19(11-13-20)17-4-2-1-3-5-17/h1-13,21H,14-15H2. The lowest BCUT2D eigenvalue weighted by atomic mass is 9.99. The number of hydrogen-bond donors (Lipinski definition) is 1. The molecule has 0 aliphatic heterocycles. The minimum atomic E-state index is 0.894. The van der Waals surface area contributed by atoms with Crippen LogP contribution >= 0.6 is 12.6 Å². The second-order valence-corrected chi connectivity index (χ2v) is 5.56. The summed E-state index contributed by atoms with van der Waals surface area (Å²) < 4.78 is 0. The van der Waals surface area contributed by atoms with E-state index in [1.807, 2.05) is 6.07 Å². The molecule has 0 heterocycles. The normalized spacial score (nSPS) is 10.5. The van der Waals surface area contributed by atoms with E-state index in [9.17, 15) is 0 Å². The summed E-state index contributed by atoms with van der Waals surface area (Å²) in [4.78, 5) is 0. The molecule has 0 fully saturated rings. The van der Waals surface area contributed by atoms with Crippen LogP contribution in [0.2, 0.25) is 0 Å². The zero-order valence-electron chi connectivity index (χ0n) is 11.9. The summed E-state index contributed by atoms with van der Waals surface area (Å²) in [6.45, 7) is 0. The van der Waals surface area contributed by atoms with E-state index in [2.05, 4.69) is 85.4 Å². The zero-order chi connectivity index (χ0) is 14.5. The second kappa shape index (κ2) is 6.64. The summed E-state index contributed by atoms with van der Waals surface area (Å²) in [7, 11) is 0. The van der Waals surface area contributed by atoms with Crippen molar-refractivity contribution < 1.29 is 0 Å². The minimum Gasteiger partial charge on any atom is -0.179 e. The van der Waals surface area contributed by atoms with E-state index in [-0.39, 0.29) is 0 Å². The maximum atomic E-state index is 4.27. The van der Waals surface area contributed by atoms with Crippen LogP contribution in [0.4, 0.5) is 0 Å². The quantitative estimate of drug-likeness (QED) is 0.603. The molecule has 0 atom stereocenters. The van der Waals surface area contributed by atoms with Gasteiger partial charge in [-0.15, -0.1) is 0 Å². The summed E-state index contributed by atoms with van der Waals surface area (Å²) >= 11 is 4.27. The van der Waals surface area contributed by atoms with Crippen LogP contribution in [0.1, 0.15) is 5.56 Å². The van der Waals surface area contributed by atoms with E-state index in [0.717, 1.165) is 12.2 Å². The van der Waals surface area contributed by atoms with Crippen LogP contribution in [0.5, 0.6) is 0 Å². The fourth-order valence-corrected chi connectivity index (χ4v) is 2.74. The number of hydrogen-bond acceptors (Lipinski definition) is 1. The van der Waals surface area contributed by atoms with Gasteiger partial charge in [-0.2, -0.15) is 12.6 Å². The molecule has 1 heteroatoms. The average molecular weight is 290 g/mol. The Labute approximate surface area is 131 Å². The molecule has 104 valence electrons. The van der Waals surface area contributed by atoms with Crippen molar-refractivity contribution in [1.82, 2.24) is 0 Å². The van der Waals surface area contributed by atoms with Crippen LogP contribution in [0.25, 0.3) is 22.3 Å². The maximum absolute atomic E-state index is 4.27. The molecule has 0 nitrogen and oxygen atoms in total. The van der Waals surface area contributed by atoms with Gasteiger partial charge in [0.2, 0.25) is 0 Å². The first-order valence-electron chi connectivity index (χ1n) is 7.22. The van der Waals surface area contributed by atoms with E-state index in [1.54, 1.807) is 0 Å². The summed E-state index contributed by atoms with van der Waals surface area (Å²) in [5.41, 5.74) is 6.37. The largest absolute Gasteiger partial charge is 0.179 e. The van der Waals surface area contributed by atoms with Gasteiger partial charge in [-0.1, -0.05) is 78.9 Å². The predicted molar refractivity (Wildman–Crippen MR) is 94.9 cm³/mol. The van der Waals surface area contributed by atoms with Crippen LogP contribution in [0, 0.1) is 0 Å². The Balaban J connectivity index is 1.84. The lowest BCUT2D eigenvalue weighted by molar-refractivity contribution is 1.16. The van der Waals surface area contributed by atoms with Gasteiger partial charge in [-0.05, 0) is 40.0 Å². The molecule has 0 aliphatic carbocycles. The van der Waals surface area contributed by atoms with Crippen molar-refractivity contribution >= 4 is 12.6 Å². The fraction of sp³-hybridized carbons (Fsp3) is 0.100. The molecular formula is C20H18S. The van der Waals surface area contributed by atoms with Gasteiger partial charge in [0, 0.05) is 0 Å². The van der Waals surface area contributed by atoms with Crippen molar-refractivity contribution in [2.24, 2.45) is 0 Å².